The summed E-state index contributed by atoms with van der Waals surface area (Å²) in [6.45, 7) is 2.30. The molecule has 0 bridgehead atoms. The Morgan fingerprint density at radius 1 is 1.43 bits per heavy atom. The Labute approximate surface area is 85.0 Å². The van der Waals surface area contributed by atoms with Crippen LogP contribution in [0.4, 0.5) is 5.82 Å². The largest absolute Gasteiger partial charge is 0.373 e. The first-order valence-corrected chi connectivity index (χ1v) is 5.32. The van der Waals surface area contributed by atoms with E-state index < -0.39 is 0 Å². The van der Waals surface area contributed by atoms with E-state index in [1.807, 2.05) is 19.3 Å². The lowest BCUT2D eigenvalue weighted by Crippen LogP contribution is -2.08. The Morgan fingerprint density at radius 3 is 2.93 bits per heavy atom. The van der Waals surface area contributed by atoms with E-state index in [-0.39, 0.29) is 0 Å². The highest BCUT2D eigenvalue weighted by Gasteiger charge is 2.27. The summed E-state index contributed by atoms with van der Waals surface area (Å²) in [5.41, 5.74) is 0. The zero-order valence-electron chi connectivity index (χ0n) is 8.83. The van der Waals surface area contributed by atoms with Gasteiger partial charge in [-0.05, 0) is 24.8 Å². The van der Waals surface area contributed by atoms with Crippen molar-refractivity contribution in [3.05, 3.63) is 18.1 Å². The van der Waals surface area contributed by atoms with Crippen LogP contribution in [0.2, 0.25) is 0 Å². The molecule has 1 fully saturated rings. The molecule has 1 N–H and O–H groups in total. The highest BCUT2D eigenvalue weighted by Crippen LogP contribution is 2.37. The van der Waals surface area contributed by atoms with Gasteiger partial charge >= 0.3 is 0 Å². The average Bonchev–Trinajstić information content (AvgIpc) is 2.65. The molecule has 0 aromatic carbocycles. The molecule has 0 radical (unpaired) electrons. The summed E-state index contributed by atoms with van der Waals surface area (Å²) in [6, 6.07) is 1.91. The van der Waals surface area contributed by atoms with Crippen molar-refractivity contribution < 1.29 is 0 Å². The van der Waals surface area contributed by atoms with Gasteiger partial charge in [-0.2, -0.15) is 0 Å². The third-order valence-electron chi connectivity index (χ3n) is 3.12. The molecule has 2 unspecified atom stereocenters. The van der Waals surface area contributed by atoms with Crippen molar-refractivity contribution in [2.24, 2.45) is 5.92 Å². The lowest BCUT2D eigenvalue weighted by atomic mass is 9.97. The fraction of sp³-hybridized carbons (Fsp3) is 0.636. The van der Waals surface area contributed by atoms with Gasteiger partial charge in [0.25, 0.3) is 0 Å². The molecule has 0 spiro atoms. The summed E-state index contributed by atoms with van der Waals surface area (Å²) in [5, 5.41) is 3.05. The molecule has 1 aliphatic rings. The first kappa shape index (κ1) is 9.44. The molecular formula is C11H17N3. The third kappa shape index (κ3) is 1.72. The lowest BCUT2D eigenvalue weighted by molar-refractivity contribution is 0.510. The summed E-state index contributed by atoms with van der Waals surface area (Å²) >= 11 is 0. The van der Waals surface area contributed by atoms with Gasteiger partial charge in [-0.15, -0.1) is 0 Å². The van der Waals surface area contributed by atoms with Gasteiger partial charge in [-0.25, -0.2) is 9.97 Å². The summed E-state index contributed by atoms with van der Waals surface area (Å²) in [5.74, 6) is 3.25. The zero-order chi connectivity index (χ0) is 9.97. The van der Waals surface area contributed by atoms with E-state index in [4.69, 9.17) is 0 Å². The minimum absolute atomic E-state index is 0.572. The number of nitrogens with zero attached hydrogens (tertiary/aromatic N) is 2. The van der Waals surface area contributed by atoms with Gasteiger partial charge in [0.1, 0.15) is 11.6 Å². The molecule has 3 heteroatoms. The Hall–Kier alpha value is -1.12. The van der Waals surface area contributed by atoms with E-state index in [2.05, 4.69) is 22.2 Å². The molecule has 0 amide bonds. The van der Waals surface area contributed by atoms with Crippen LogP contribution in [0.3, 0.4) is 0 Å². The predicted octanol–water partition coefficient (Wildman–Crippen LogP) is 2.42. The van der Waals surface area contributed by atoms with Crippen molar-refractivity contribution in [1.82, 2.24) is 9.97 Å². The van der Waals surface area contributed by atoms with Gasteiger partial charge in [0.2, 0.25) is 0 Å². The smallest absolute Gasteiger partial charge is 0.134 e. The fourth-order valence-electron chi connectivity index (χ4n) is 2.22. The second kappa shape index (κ2) is 3.95. The highest BCUT2D eigenvalue weighted by molar-refractivity contribution is 5.32. The van der Waals surface area contributed by atoms with E-state index >= 15 is 0 Å². The van der Waals surface area contributed by atoms with Crippen LogP contribution < -0.4 is 5.32 Å². The molecule has 1 aromatic heterocycles. The molecule has 2 atom stereocenters. The average molecular weight is 191 g/mol. The SMILES string of the molecule is CNc1ccnc(C2CCCC2C)n1. The molecule has 1 saturated carbocycles. The summed E-state index contributed by atoms with van der Waals surface area (Å²) in [7, 11) is 1.89. The lowest BCUT2D eigenvalue weighted by Gasteiger charge is -2.13. The van der Waals surface area contributed by atoms with Crippen LogP contribution in [0.25, 0.3) is 0 Å². The van der Waals surface area contributed by atoms with Crippen LogP contribution in [0.15, 0.2) is 12.3 Å². The molecule has 14 heavy (non-hydrogen) atoms. The van der Waals surface area contributed by atoms with Crippen LogP contribution in [0, 0.1) is 5.92 Å². The maximum Gasteiger partial charge on any atom is 0.134 e. The van der Waals surface area contributed by atoms with Gasteiger partial charge < -0.3 is 5.32 Å². The van der Waals surface area contributed by atoms with Crippen LogP contribution >= 0.6 is 0 Å². The maximum atomic E-state index is 4.50. The van der Waals surface area contributed by atoms with Crippen LogP contribution in [-0.4, -0.2) is 17.0 Å². The minimum atomic E-state index is 0.572. The van der Waals surface area contributed by atoms with E-state index in [1.54, 1.807) is 0 Å². The van der Waals surface area contributed by atoms with Crippen LogP contribution in [-0.2, 0) is 0 Å². The first-order chi connectivity index (χ1) is 6.81. The predicted molar refractivity (Wildman–Crippen MR) is 57.3 cm³/mol. The Balaban J connectivity index is 2.22. The molecule has 0 saturated heterocycles. The van der Waals surface area contributed by atoms with Gasteiger partial charge in [0.15, 0.2) is 0 Å². The number of hydrogen-bond donors (Lipinski definition) is 1. The van der Waals surface area contributed by atoms with Gasteiger partial charge in [0.05, 0.1) is 0 Å². The third-order valence-corrected chi connectivity index (χ3v) is 3.12. The Morgan fingerprint density at radius 2 is 2.29 bits per heavy atom. The monoisotopic (exact) mass is 191 g/mol. The zero-order valence-corrected chi connectivity index (χ0v) is 8.83. The number of anilines is 1. The number of aromatic nitrogens is 2. The molecule has 1 aromatic rings. The van der Waals surface area contributed by atoms with Crippen molar-refractivity contribution in [3.63, 3.8) is 0 Å². The quantitative estimate of drug-likeness (QED) is 0.780. The van der Waals surface area contributed by atoms with E-state index in [1.165, 1.54) is 19.3 Å². The minimum Gasteiger partial charge on any atom is -0.373 e. The number of rotatable bonds is 2. The van der Waals surface area contributed by atoms with Crippen molar-refractivity contribution in [1.29, 1.82) is 0 Å². The topological polar surface area (TPSA) is 37.8 Å². The Kier molecular flexibility index (Phi) is 2.66. The normalized spacial score (nSPS) is 26.4. The van der Waals surface area contributed by atoms with Crippen molar-refractivity contribution in [2.75, 3.05) is 12.4 Å². The van der Waals surface area contributed by atoms with Crippen LogP contribution in [0.5, 0.6) is 0 Å². The second-order valence-corrected chi connectivity index (χ2v) is 4.06. The first-order valence-electron chi connectivity index (χ1n) is 5.32. The summed E-state index contributed by atoms with van der Waals surface area (Å²) in [4.78, 5) is 8.87. The summed E-state index contributed by atoms with van der Waals surface area (Å²) < 4.78 is 0. The van der Waals surface area contributed by atoms with Gasteiger partial charge in [-0.3, -0.25) is 0 Å². The van der Waals surface area contributed by atoms with Crippen LogP contribution in [0.1, 0.15) is 37.9 Å². The molecular weight excluding hydrogens is 174 g/mol. The molecule has 3 nitrogen and oxygen atoms in total. The standard InChI is InChI=1S/C11H17N3/c1-8-4-3-5-9(8)11-13-7-6-10(12-2)14-11/h6-9H,3-5H2,1-2H3,(H,12,13,14). The van der Waals surface area contributed by atoms with E-state index in [0.29, 0.717) is 5.92 Å². The molecule has 2 rings (SSSR count). The van der Waals surface area contributed by atoms with E-state index in [0.717, 1.165) is 17.6 Å². The van der Waals surface area contributed by atoms with Crippen molar-refractivity contribution in [3.8, 4) is 0 Å². The van der Waals surface area contributed by atoms with Gasteiger partial charge in [-0.1, -0.05) is 13.3 Å². The Bertz CT molecular complexity index is 311. The van der Waals surface area contributed by atoms with E-state index in [9.17, 15) is 0 Å². The van der Waals surface area contributed by atoms with Gasteiger partial charge in [0, 0.05) is 19.2 Å². The molecule has 76 valence electrons. The van der Waals surface area contributed by atoms with Crippen molar-refractivity contribution in [2.45, 2.75) is 32.1 Å². The molecule has 1 heterocycles. The number of nitrogens with one attached hydrogen (secondary N) is 1. The molecule has 1 aliphatic carbocycles. The highest BCUT2D eigenvalue weighted by atomic mass is 15.0. The van der Waals surface area contributed by atoms with Crippen molar-refractivity contribution >= 4 is 5.82 Å². The molecule has 0 aliphatic heterocycles. The fourth-order valence-corrected chi connectivity index (χ4v) is 2.22. The summed E-state index contributed by atoms with van der Waals surface area (Å²) in [6.07, 6.45) is 5.73. The second-order valence-electron chi connectivity index (χ2n) is 4.06. The number of hydrogen-bond acceptors (Lipinski definition) is 3. The maximum absolute atomic E-state index is 4.50.